The summed E-state index contributed by atoms with van der Waals surface area (Å²) in [4.78, 5) is 25.6. The summed E-state index contributed by atoms with van der Waals surface area (Å²) in [5, 5.41) is 8.54. The zero-order valence-corrected chi connectivity index (χ0v) is 14.6. The number of rotatable bonds is 5. The molecule has 1 heterocycles. The first-order chi connectivity index (χ1) is 11.3. The summed E-state index contributed by atoms with van der Waals surface area (Å²) in [5.41, 5.74) is 0.0655. The highest BCUT2D eigenvalue weighted by Gasteiger charge is 2.42. The highest BCUT2D eigenvalue weighted by atomic mass is 35.5. The van der Waals surface area contributed by atoms with E-state index in [4.69, 9.17) is 16.0 Å². The minimum Gasteiger partial charge on any atom is -0.423 e. The summed E-state index contributed by atoms with van der Waals surface area (Å²) in [6.07, 6.45) is 1.62. The van der Waals surface area contributed by atoms with Crippen LogP contribution in [-0.2, 0) is 10.2 Å². The molecule has 6 heteroatoms. The second kappa shape index (κ2) is 6.13. The average molecular weight is 347 g/mol. The van der Waals surface area contributed by atoms with E-state index in [1.807, 2.05) is 20.8 Å². The van der Waals surface area contributed by atoms with E-state index < -0.39 is 5.92 Å². The van der Waals surface area contributed by atoms with Gasteiger partial charge in [-0.05, 0) is 37.1 Å². The van der Waals surface area contributed by atoms with E-state index in [1.54, 1.807) is 24.3 Å². The second-order valence-corrected chi connectivity index (χ2v) is 7.61. The topological polar surface area (TPSA) is 73.1 Å². The van der Waals surface area contributed by atoms with E-state index in [-0.39, 0.29) is 28.8 Å². The van der Waals surface area contributed by atoms with Crippen LogP contribution in [0.1, 0.15) is 61.7 Å². The normalized spacial score (nSPS) is 16.0. The third kappa shape index (κ3) is 3.41. The molecule has 3 rings (SSSR count). The van der Waals surface area contributed by atoms with Gasteiger partial charge in [0.15, 0.2) is 17.5 Å². The third-order valence-corrected chi connectivity index (χ3v) is 4.24. The van der Waals surface area contributed by atoms with Crippen LogP contribution < -0.4 is 0 Å². The molecule has 0 N–H and O–H groups in total. The van der Waals surface area contributed by atoms with E-state index in [0.29, 0.717) is 16.5 Å². The highest BCUT2D eigenvalue weighted by Crippen LogP contribution is 2.37. The number of carbonyl (C=O) groups is 2. The number of benzene rings is 1. The smallest absolute Gasteiger partial charge is 0.234 e. The number of aromatic nitrogens is 2. The predicted molar refractivity (Wildman–Crippen MR) is 89.3 cm³/mol. The van der Waals surface area contributed by atoms with Crippen molar-refractivity contribution in [3.8, 4) is 0 Å². The highest BCUT2D eigenvalue weighted by molar-refractivity contribution is 6.30. The molecule has 1 aromatic carbocycles. The van der Waals surface area contributed by atoms with Crippen LogP contribution in [0.15, 0.2) is 28.7 Å². The van der Waals surface area contributed by atoms with Gasteiger partial charge in [-0.1, -0.05) is 32.4 Å². The minimum atomic E-state index is -1.04. The lowest BCUT2D eigenvalue weighted by molar-refractivity contribution is -0.121. The largest absolute Gasteiger partial charge is 0.423 e. The van der Waals surface area contributed by atoms with Crippen LogP contribution in [-0.4, -0.2) is 21.8 Å². The van der Waals surface area contributed by atoms with Gasteiger partial charge in [0.2, 0.25) is 11.8 Å². The van der Waals surface area contributed by atoms with Gasteiger partial charge in [0.25, 0.3) is 0 Å². The van der Waals surface area contributed by atoms with Gasteiger partial charge in [0.1, 0.15) is 0 Å². The fraction of sp³-hybridized carbons (Fsp3) is 0.444. The summed E-state index contributed by atoms with van der Waals surface area (Å²) in [7, 11) is 0. The summed E-state index contributed by atoms with van der Waals surface area (Å²) >= 11 is 5.87. The van der Waals surface area contributed by atoms with E-state index >= 15 is 0 Å². The van der Waals surface area contributed by atoms with Crippen LogP contribution in [0, 0.1) is 5.92 Å². The van der Waals surface area contributed by atoms with Crippen molar-refractivity contribution in [2.75, 3.05) is 0 Å². The Kier molecular flexibility index (Phi) is 4.30. The Morgan fingerprint density at radius 2 is 1.79 bits per heavy atom. The van der Waals surface area contributed by atoms with Gasteiger partial charge in [0, 0.05) is 21.9 Å². The molecule has 1 aliphatic carbocycles. The summed E-state index contributed by atoms with van der Waals surface area (Å²) in [6.45, 7) is 5.80. The molecular formula is C18H19ClN2O3. The van der Waals surface area contributed by atoms with Gasteiger partial charge in [0.05, 0.1) is 0 Å². The number of halogens is 1. The molecule has 1 fully saturated rings. The molecular weight excluding hydrogens is 328 g/mol. The molecule has 5 nitrogen and oxygen atoms in total. The third-order valence-electron chi connectivity index (χ3n) is 3.98. The van der Waals surface area contributed by atoms with E-state index in [0.717, 1.165) is 12.8 Å². The van der Waals surface area contributed by atoms with E-state index in [1.165, 1.54) is 0 Å². The van der Waals surface area contributed by atoms with E-state index in [2.05, 4.69) is 10.2 Å². The lowest BCUT2D eigenvalue weighted by Crippen LogP contribution is -2.24. The lowest BCUT2D eigenvalue weighted by atomic mass is 9.91. The van der Waals surface area contributed by atoms with Crippen molar-refractivity contribution < 1.29 is 14.0 Å². The molecule has 0 radical (unpaired) electrons. The van der Waals surface area contributed by atoms with Crippen molar-refractivity contribution in [2.24, 2.45) is 5.92 Å². The van der Waals surface area contributed by atoms with Crippen LogP contribution in [0.25, 0.3) is 0 Å². The maximum atomic E-state index is 12.9. The number of hydrogen-bond acceptors (Lipinski definition) is 5. The summed E-state index contributed by atoms with van der Waals surface area (Å²) < 4.78 is 5.69. The molecule has 0 bridgehead atoms. The van der Waals surface area contributed by atoms with Gasteiger partial charge in [-0.2, -0.15) is 0 Å². The molecule has 1 saturated carbocycles. The zero-order chi connectivity index (χ0) is 17.5. The number of hydrogen-bond donors (Lipinski definition) is 0. The van der Waals surface area contributed by atoms with Gasteiger partial charge in [-0.3, -0.25) is 9.59 Å². The van der Waals surface area contributed by atoms with Crippen LogP contribution in [0.5, 0.6) is 0 Å². The molecule has 1 aliphatic rings. The molecule has 0 amide bonds. The standard InChI is InChI=1S/C18H19ClN2O3/c1-18(2,3)17-21-20-16(24-17)13(14(22)10-4-5-10)15(23)11-6-8-12(19)9-7-11/h6-10,13H,4-5H2,1-3H3. The number of carbonyl (C=O) groups excluding carboxylic acids is 2. The Morgan fingerprint density at radius 3 is 2.29 bits per heavy atom. The Hall–Kier alpha value is -2.01. The molecule has 1 atom stereocenters. The summed E-state index contributed by atoms with van der Waals surface area (Å²) in [5.74, 6) is -1.10. The van der Waals surface area contributed by atoms with Crippen molar-refractivity contribution in [3.63, 3.8) is 0 Å². The first-order valence-corrected chi connectivity index (χ1v) is 8.32. The van der Waals surface area contributed by atoms with Crippen molar-refractivity contribution in [1.82, 2.24) is 10.2 Å². The Morgan fingerprint density at radius 1 is 1.17 bits per heavy atom. The predicted octanol–water partition coefficient (Wildman–Crippen LogP) is 3.97. The van der Waals surface area contributed by atoms with Crippen molar-refractivity contribution in [3.05, 3.63) is 46.6 Å². The maximum absolute atomic E-state index is 12.9. The van der Waals surface area contributed by atoms with Crippen LogP contribution in [0.4, 0.5) is 0 Å². The molecule has 0 aliphatic heterocycles. The Labute approximate surface area is 145 Å². The van der Waals surface area contributed by atoms with Crippen molar-refractivity contribution in [1.29, 1.82) is 0 Å². The number of ketones is 2. The first kappa shape index (κ1) is 16.8. The van der Waals surface area contributed by atoms with Crippen LogP contribution >= 0.6 is 11.6 Å². The molecule has 24 heavy (non-hydrogen) atoms. The SMILES string of the molecule is CC(C)(C)c1nnc(C(C(=O)c2ccc(Cl)cc2)C(=O)C2CC2)o1. The van der Waals surface area contributed by atoms with Gasteiger partial charge in [-0.15, -0.1) is 10.2 Å². The molecule has 0 spiro atoms. The molecule has 1 unspecified atom stereocenters. The fourth-order valence-corrected chi connectivity index (χ4v) is 2.53. The van der Waals surface area contributed by atoms with Crippen LogP contribution in [0.2, 0.25) is 5.02 Å². The molecule has 2 aromatic rings. The van der Waals surface area contributed by atoms with Crippen molar-refractivity contribution >= 4 is 23.2 Å². The molecule has 126 valence electrons. The number of nitrogens with zero attached hydrogens (tertiary/aromatic N) is 2. The summed E-state index contributed by atoms with van der Waals surface area (Å²) in [6, 6.07) is 6.47. The quantitative estimate of drug-likeness (QED) is 0.605. The molecule has 1 aromatic heterocycles. The minimum absolute atomic E-state index is 0.0803. The molecule has 0 saturated heterocycles. The fourth-order valence-electron chi connectivity index (χ4n) is 2.40. The number of Topliss-reactive ketones (excluding diaryl/α,β-unsaturated/α-hetero) is 2. The Bertz CT molecular complexity index is 770. The monoisotopic (exact) mass is 346 g/mol. The van der Waals surface area contributed by atoms with Crippen molar-refractivity contribution in [2.45, 2.75) is 44.9 Å². The average Bonchev–Trinajstić information content (AvgIpc) is 3.25. The zero-order valence-electron chi connectivity index (χ0n) is 13.9. The van der Waals surface area contributed by atoms with Crippen LogP contribution in [0.3, 0.4) is 0 Å². The van der Waals surface area contributed by atoms with Gasteiger partial charge < -0.3 is 4.42 Å². The Balaban J connectivity index is 1.97. The lowest BCUT2D eigenvalue weighted by Gasteiger charge is -2.13. The van der Waals surface area contributed by atoms with Gasteiger partial charge >= 0.3 is 0 Å². The van der Waals surface area contributed by atoms with E-state index in [9.17, 15) is 9.59 Å². The first-order valence-electron chi connectivity index (χ1n) is 7.95. The second-order valence-electron chi connectivity index (χ2n) is 7.18. The van der Waals surface area contributed by atoms with Gasteiger partial charge in [-0.25, -0.2) is 0 Å². The maximum Gasteiger partial charge on any atom is 0.234 e.